The predicted octanol–water partition coefficient (Wildman–Crippen LogP) is 0.310. The summed E-state index contributed by atoms with van der Waals surface area (Å²) in [5.41, 5.74) is 0.187. The summed E-state index contributed by atoms with van der Waals surface area (Å²) in [5.74, 6) is -1.57. The van der Waals surface area contributed by atoms with Gasteiger partial charge in [-0.3, -0.25) is 4.79 Å². The Hall–Kier alpha value is -2.15. The smallest absolute Gasteiger partial charge is 0.328 e. The minimum atomic E-state index is -1.17. The van der Waals surface area contributed by atoms with Crippen molar-refractivity contribution in [2.75, 3.05) is 20.3 Å². The summed E-state index contributed by atoms with van der Waals surface area (Å²) >= 11 is 0. The van der Waals surface area contributed by atoms with E-state index in [4.69, 9.17) is 14.6 Å². The number of aliphatic carboxylic acids is 1. The zero-order valence-electron chi connectivity index (χ0n) is 10.8. The fourth-order valence-corrected chi connectivity index (χ4v) is 1.39. The molecule has 0 aliphatic carbocycles. The highest BCUT2D eigenvalue weighted by Crippen LogP contribution is 2.14. The molecule has 0 aliphatic heterocycles. The molecular formula is C12H16N2O5. The van der Waals surface area contributed by atoms with E-state index in [0.717, 1.165) is 0 Å². The molecule has 0 saturated carbocycles. The normalized spacial score (nSPS) is 11.7. The number of rotatable bonds is 7. The zero-order valence-corrected chi connectivity index (χ0v) is 10.8. The van der Waals surface area contributed by atoms with Crippen molar-refractivity contribution in [1.29, 1.82) is 0 Å². The average molecular weight is 268 g/mol. The van der Waals surface area contributed by atoms with Gasteiger partial charge < -0.3 is 19.9 Å². The van der Waals surface area contributed by atoms with Gasteiger partial charge in [-0.1, -0.05) is 0 Å². The summed E-state index contributed by atoms with van der Waals surface area (Å²) in [4.78, 5) is 26.8. The molecule has 1 atom stereocenters. The van der Waals surface area contributed by atoms with Gasteiger partial charge in [0.25, 0.3) is 5.91 Å². The largest absolute Gasteiger partial charge is 0.480 e. The molecule has 1 aromatic heterocycles. The molecule has 1 unspecified atom stereocenters. The van der Waals surface area contributed by atoms with Gasteiger partial charge in [0.2, 0.25) is 5.88 Å². The van der Waals surface area contributed by atoms with Crippen LogP contribution >= 0.6 is 0 Å². The van der Waals surface area contributed by atoms with E-state index < -0.39 is 17.9 Å². The highest BCUT2D eigenvalue weighted by molar-refractivity contribution is 5.98. The second kappa shape index (κ2) is 7.32. The van der Waals surface area contributed by atoms with Crippen LogP contribution in [-0.2, 0) is 9.53 Å². The van der Waals surface area contributed by atoms with Crippen molar-refractivity contribution < 1.29 is 24.2 Å². The summed E-state index contributed by atoms with van der Waals surface area (Å²) in [5, 5.41) is 11.3. The van der Waals surface area contributed by atoms with Crippen molar-refractivity contribution in [3.8, 4) is 5.88 Å². The first-order valence-electron chi connectivity index (χ1n) is 5.70. The molecule has 1 aromatic rings. The van der Waals surface area contributed by atoms with E-state index in [9.17, 15) is 9.59 Å². The van der Waals surface area contributed by atoms with Crippen LogP contribution in [0.1, 0.15) is 17.3 Å². The highest BCUT2D eigenvalue weighted by Gasteiger charge is 2.22. The number of carboxylic acid groups (broad SMARTS) is 1. The molecule has 1 amide bonds. The number of carbonyl (C=O) groups is 2. The lowest BCUT2D eigenvalue weighted by atomic mass is 10.2. The minimum absolute atomic E-state index is 0.120. The number of carboxylic acids is 1. The number of methoxy groups -OCH3 is 1. The van der Waals surface area contributed by atoms with Gasteiger partial charge >= 0.3 is 5.97 Å². The molecule has 0 spiro atoms. The van der Waals surface area contributed by atoms with Crippen LogP contribution in [0.2, 0.25) is 0 Å². The number of amides is 1. The lowest BCUT2D eigenvalue weighted by molar-refractivity contribution is -0.140. The maximum Gasteiger partial charge on any atom is 0.328 e. The summed E-state index contributed by atoms with van der Waals surface area (Å²) in [6.07, 6.45) is 1.49. The Labute approximate surface area is 110 Å². The fourth-order valence-electron chi connectivity index (χ4n) is 1.39. The van der Waals surface area contributed by atoms with E-state index in [0.29, 0.717) is 6.61 Å². The van der Waals surface area contributed by atoms with Crippen molar-refractivity contribution in [1.82, 2.24) is 10.3 Å². The molecule has 2 N–H and O–H groups in total. The molecule has 1 heterocycles. The third-order valence-electron chi connectivity index (χ3n) is 2.23. The Balaban J connectivity index is 2.84. The van der Waals surface area contributed by atoms with Gasteiger partial charge in [-0.15, -0.1) is 0 Å². The van der Waals surface area contributed by atoms with Crippen molar-refractivity contribution in [2.45, 2.75) is 13.0 Å². The SMILES string of the molecule is CCOc1ncccc1C(=O)NC(COC)C(=O)O. The van der Waals surface area contributed by atoms with Gasteiger partial charge in [0.05, 0.1) is 13.2 Å². The van der Waals surface area contributed by atoms with Crippen LogP contribution in [0.25, 0.3) is 0 Å². The van der Waals surface area contributed by atoms with Crippen LogP contribution in [0.4, 0.5) is 0 Å². The number of pyridine rings is 1. The van der Waals surface area contributed by atoms with Crippen LogP contribution in [0.15, 0.2) is 18.3 Å². The first-order valence-corrected chi connectivity index (χ1v) is 5.70. The standard InChI is InChI=1S/C12H16N2O5/c1-3-19-11-8(5-4-6-13-11)10(15)14-9(7-18-2)12(16)17/h4-6,9H,3,7H2,1-2H3,(H,14,15)(H,16,17). The monoisotopic (exact) mass is 268 g/mol. The van der Waals surface area contributed by atoms with Crippen LogP contribution in [0, 0.1) is 0 Å². The number of carbonyl (C=O) groups excluding carboxylic acids is 1. The number of hydrogen-bond donors (Lipinski definition) is 2. The Morgan fingerprint density at radius 3 is 2.84 bits per heavy atom. The van der Waals surface area contributed by atoms with Gasteiger partial charge in [-0.25, -0.2) is 9.78 Å². The number of ether oxygens (including phenoxy) is 2. The van der Waals surface area contributed by atoms with E-state index in [-0.39, 0.29) is 18.1 Å². The quantitative estimate of drug-likeness (QED) is 0.738. The Kier molecular flexibility index (Phi) is 5.74. The maximum atomic E-state index is 12.0. The predicted molar refractivity (Wildman–Crippen MR) is 66.2 cm³/mol. The molecule has 7 heteroatoms. The summed E-state index contributed by atoms with van der Waals surface area (Å²) in [7, 11) is 1.36. The van der Waals surface area contributed by atoms with Gasteiger partial charge in [-0.05, 0) is 19.1 Å². The lowest BCUT2D eigenvalue weighted by Crippen LogP contribution is -2.43. The average Bonchev–Trinajstić information content (AvgIpc) is 2.39. The number of hydrogen-bond acceptors (Lipinski definition) is 5. The first kappa shape index (κ1) is 14.9. The second-order valence-electron chi connectivity index (χ2n) is 3.61. The fraction of sp³-hybridized carbons (Fsp3) is 0.417. The molecule has 0 saturated heterocycles. The van der Waals surface area contributed by atoms with Crippen molar-refractivity contribution in [3.05, 3.63) is 23.9 Å². The minimum Gasteiger partial charge on any atom is -0.480 e. The van der Waals surface area contributed by atoms with Gasteiger partial charge in [0.15, 0.2) is 6.04 Å². The zero-order chi connectivity index (χ0) is 14.3. The Morgan fingerprint density at radius 1 is 1.53 bits per heavy atom. The van der Waals surface area contributed by atoms with Crippen molar-refractivity contribution in [2.24, 2.45) is 0 Å². The van der Waals surface area contributed by atoms with Crippen molar-refractivity contribution >= 4 is 11.9 Å². The molecule has 19 heavy (non-hydrogen) atoms. The molecule has 1 rings (SSSR count). The molecule has 7 nitrogen and oxygen atoms in total. The van der Waals surface area contributed by atoms with E-state index in [2.05, 4.69) is 10.3 Å². The number of nitrogens with zero attached hydrogens (tertiary/aromatic N) is 1. The summed E-state index contributed by atoms with van der Waals surface area (Å²) in [6.45, 7) is 2.00. The molecule has 0 aromatic carbocycles. The molecule has 0 bridgehead atoms. The van der Waals surface area contributed by atoms with E-state index in [1.54, 1.807) is 13.0 Å². The third-order valence-corrected chi connectivity index (χ3v) is 2.23. The van der Waals surface area contributed by atoms with E-state index in [1.165, 1.54) is 19.4 Å². The molecule has 0 radical (unpaired) electrons. The third kappa shape index (κ3) is 4.22. The van der Waals surface area contributed by atoms with Crippen LogP contribution in [0.3, 0.4) is 0 Å². The second-order valence-corrected chi connectivity index (χ2v) is 3.61. The number of aromatic nitrogens is 1. The van der Waals surface area contributed by atoms with Crippen LogP contribution < -0.4 is 10.1 Å². The van der Waals surface area contributed by atoms with Gasteiger partial charge in [-0.2, -0.15) is 0 Å². The molecular weight excluding hydrogens is 252 g/mol. The first-order chi connectivity index (χ1) is 9.10. The van der Waals surface area contributed by atoms with Gasteiger partial charge in [0.1, 0.15) is 5.56 Å². The van der Waals surface area contributed by atoms with Crippen LogP contribution in [0.5, 0.6) is 5.88 Å². The number of nitrogens with one attached hydrogen (secondary N) is 1. The summed E-state index contributed by atoms with van der Waals surface area (Å²) in [6, 6.07) is 1.97. The summed E-state index contributed by atoms with van der Waals surface area (Å²) < 4.78 is 9.95. The van der Waals surface area contributed by atoms with Crippen LogP contribution in [-0.4, -0.2) is 48.3 Å². The highest BCUT2D eigenvalue weighted by atomic mass is 16.5. The Morgan fingerprint density at radius 2 is 2.26 bits per heavy atom. The van der Waals surface area contributed by atoms with Gasteiger partial charge in [0, 0.05) is 13.3 Å². The van der Waals surface area contributed by atoms with E-state index >= 15 is 0 Å². The lowest BCUT2D eigenvalue weighted by Gasteiger charge is -2.14. The van der Waals surface area contributed by atoms with E-state index in [1.807, 2.05) is 0 Å². The molecule has 0 aliphatic rings. The Bertz CT molecular complexity index is 450. The molecule has 104 valence electrons. The molecule has 0 fully saturated rings. The van der Waals surface area contributed by atoms with Crippen molar-refractivity contribution in [3.63, 3.8) is 0 Å². The topological polar surface area (TPSA) is 97.8 Å². The maximum absolute atomic E-state index is 12.0.